The highest BCUT2D eigenvalue weighted by Crippen LogP contribution is 2.25. The predicted molar refractivity (Wildman–Crippen MR) is 93.3 cm³/mol. The molecule has 0 bridgehead atoms. The van der Waals surface area contributed by atoms with Gasteiger partial charge in [0, 0.05) is 28.3 Å². The minimum Gasteiger partial charge on any atom is -0.320 e. The number of aromatic nitrogens is 1. The number of carbonyl (C=O) groups is 1. The molecule has 24 heavy (non-hydrogen) atoms. The van der Waals surface area contributed by atoms with E-state index in [0.29, 0.717) is 11.3 Å². The fraction of sp³-hybridized carbons (Fsp3) is 0.0588. The molecule has 0 aliphatic rings. The lowest BCUT2D eigenvalue weighted by molar-refractivity contribution is -0.385. The first-order valence-corrected chi connectivity index (χ1v) is 8.00. The number of rotatable bonds is 4. The van der Waals surface area contributed by atoms with Crippen molar-refractivity contribution in [2.75, 3.05) is 5.32 Å². The Morgan fingerprint density at radius 1 is 1.21 bits per heavy atom. The van der Waals surface area contributed by atoms with E-state index < -0.39 is 10.8 Å². The summed E-state index contributed by atoms with van der Waals surface area (Å²) < 4.78 is 0. The summed E-state index contributed by atoms with van der Waals surface area (Å²) in [6.45, 7) is 1.65. The summed E-state index contributed by atoms with van der Waals surface area (Å²) >= 11 is 1.37. The third-order valence-electron chi connectivity index (χ3n) is 3.42. The summed E-state index contributed by atoms with van der Waals surface area (Å²) in [5.74, 6) is -0.397. The number of nitrogens with zero attached hydrogens (tertiary/aromatic N) is 2. The maximum atomic E-state index is 12.3. The molecule has 0 saturated carbocycles. The lowest BCUT2D eigenvalue weighted by atomic mass is 10.2. The van der Waals surface area contributed by atoms with E-state index in [1.807, 2.05) is 30.3 Å². The Morgan fingerprint density at radius 3 is 2.67 bits per heavy atom. The topological polar surface area (TPSA) is 85.1 Å². The zero-order chi connectivity index (χ0) is 17.1. The molecule has 3 aromatic rings. The van der Waals surface area contributed by atoms with Gasteiger partial charge in [0.2, 0.25) is 0 Å². The first kappa shape index (κ1) is 15.8. The summed E-state index contributed by atoms with van der Waals surface area (Å²) in [4.78, 5) is 27.1. The maximum Gasteiger partial charge on any atom is 0.275 e. The van der Waals surface area contributed by atoms with Gasteiger partial charge < -0.3 is 5.32 Å². The Kier molecular flexibility index (Phi) is 4.35. The quantitative estimate of drug-likeness (QED) is 0.568. The van der Waals surface area contributed by atoms with Crippen molar-refractivity contribution in [1.29, 1.82) is 0 Å². The molecule has 1 amide bonds. The zero-order valence-electron chi connectivity index (χ0n) is 12.7. The molecule has 1 N–H and O–H groups in total. The Morgan fingerprint density at radius 2 is 1.96 bits per heavy atom. The number of aryl methyl sites for hydroxylation is 1. The first-order valence-electron chi connectivity index (χ1n) is 7.12. The molecule has 0 atom stereocenters. The number of nitro benzene ring substituents is 1. The van der Waals surface area contributed by atoms with Crippen molar-refractivity contribution >= 4 is 28.6 Å². The highest BCUT2D eigenvalue weighted by Gasteiger charge is 2.15. The Bertz CT molecular complexity index is 906. The van der Waals surface area contributed by atoms with Crippen molar-refractivity contribution in [1.82, 2.24) is 4.98 Å². The molecular weight excluding hydrogens is 326 g/mol. The molecule has 120 valence electrons. The second-order valence-corrected chi connectivity index (χ2v) is 5.97. The van der Waals surface area contributed by atoms with Crippen LogP contribution in [0.25, 0.3) is 10.6 Å². The molecule has 0 aliphatic carbocycles. The van der Waals surface area contributed by atoms with Crippen LogP contribution in [0.3, 0.4) is 0 Å². The molecule has 0 saturated heterocycles. The highest BCUT2D eigenvalue weighted by atomic mass is 32.1. The van der Waals surface area contributed by atoms with E-state index in [2.05, 4.69) is 10.3 Å². The molecule has 0 unspecified atom stereocenters. The second-order valence-electron chi connectivity index (χ2n) is 5.12. The number of hydrogen-bond donors (Lipinski definition) is 1. The fourth-order valence-electron chi connectivity index (χ4n) is 2.17. The highest BCUT2D eigenvalue weighted by molar-refractivity contribution is 7.13. The van der Waals surface area contributed by atoms with Gasteiger partial charge >= 0.3 is 0 Å². The van der Waals surface area contributed by atoms with Gasteiger partial charge in [-0.25, -0.2) is 4.98 Å². The Labute approximate surface area is 141 Å². The molecule has 7 heteroatoms. The summed E-state index contributed by atoms with van der Waals surface area (Å²) in [6, 6.07) is 14.1. The molecular formula is C17H13N3O3S. The zero-order valence-corrected chi connectivity index (χ0v) is 13.5. The third kappa shape index (κ3) is 3.31. The molecule has 2 aromatic carbocycles. The number of nitro groups is 1. The largest absolute Gasteiger partial charge is 0.320 e. The van der Waals surface area contributed by atoms with Crippen LogP contribution < -0.4 is 5.32 Å². The van der Waals surface area contributed by atoms with Crippen LogP contribution >= 0.6 is 11.3 Å². The fourth-order valence-corrected chi connectivity index (χ4v) is 2.98. The average Bonchev–Trinajstić information content (AvgIpc) is 3.07. The van der Waals surface area contributed by atoms with E-state index in [0.717, 1.165) is 10.6 Å². The summed E-state index contributed by atoms with van der Waals surface area (Å²) in [5, 5.41) is 16.0. The minimum atomic E-state index is -0.471. The van der Waals surface area contributed by atoms with Gasteiger partial charge in [0.25, 0.3) is 11.6 Å². The van der Waals surface area contributed by atoms with Gasteiger partial charge in [0.1, 0.15) is 10.7 Å². The summed E-state index contributed by atoms with van der Waals surface area (Å²) in [5.41, 5.74) is 2.09. The van der Waals surface area contributed by atoms with Gasteiger partial charge in [-0.2, -0.15) is 0 Å². The van der Waals surface area contributed by atoms with Crippen molar-refractivity contribution in [3.63, 3.8) is 0 Å². The molecule has 3 rings (SSSR count). The van der Waals surface area contributed by atoms with E-state index in [-0.39, 0.29) is 11.4 Å². The van der Waals surface area contributed by atoms with Crippen molar-refractivity contribution < 1.29 is 9.72 Å². The van der Waals surface area contributed by atoms with E-state index in [4.69, 9.17) is 0 Å². The maximum absolute atomic E-state index is 12.3. The van der Waals surface area contributed by atoms with Gasteiger partial charge in [-0.15, -0.1) is 11.3 Å². The molecule has 6 nitrogen and oxygen atoms in total. The van der Waals surface area contributed by atoms with Crippen LogP contribution in [0.15, 0.2) is 53.9 Å². The number of thiazole rings is 1. The number of hydrogen-bond acceptors (Lipinski definition) is 5. The summed E-state index contributed by atoms with van der Waals surface area (Å²) in [6.07, 6.45) is 0. The summed E-state index contributed by atoms with van der Waals surface area (Å²) in [7, 11) is 0. The van der Waals surface area contributed by atoms with Crippen LogP contribution in [0.5, 0.6) is 0 Å². The SMILES string of the molecule is Cc1ccc(NC(=O)c2csc(-c3ccccc3)n2)cc1[N+](=O)[O-]. The molecule has 1 heterocycles. The molecule has 0 fully saturated rings. The van der Waals surface area contributed by atoms with E-state index >= 15 is 0 Å². The number of amides is 1. The number of anilines is 1. The number of nitrogens with one attached hydrogen (secondary N) is 1. The lowest BCUT2D eigenvalue weighted by Gasteiger charge is -2.04. The standard InChI is InChI=1S/C17H13N3O3S/c1-11-7-8-13(9-15(11)20(22)23)18-16(21)14-10-24-17(19-14)12-5-3-2-4-6-12/h2-10H,1H3,(H,18,21). The van der Waals surface area contributed by atoms with E-state index in [1.54, 1.807) is 24.4 Å². The normalized spacial score (nSPS) is 10.4. The van der Waals surface area contributed by atoms with Crippen LogP contribution in [-0.4, -0.2) is 15.8 Å². The molecule has 0 aliphatic heterocycles. The number of carbonyl (C=O) groups excluding carboxylic acids is 1. The Hall–Kier alpha value is -3.06. The predicted octanol–water partition coefficient (Wildman–Crippen LogP) is 4.28. The van der Waals surface area contributed by atoms with Crippen LogP contribution in [0.4, 0.5) is 11.4 Å². The van der Waals surface area contributed by atoms with Gasteiger partial charge in [-0.1, -0.05) is 36.4 Å². The Balaban J connectivity index is 1.80. The van der Waals surface area contributed by atoms with Gasteiger partial charge in [0.05, 0.1) is 4.92 Å². The monoisotopic (exact) mass is 339 g/mol. The number of benzene rings is 2. The average molecular weight is 339 g/mol. The molecule has 0 radical (unpaired) electrons. The first-order chi connectivity index (χ1) is 11.5. The van der Waals surface area contributed by atoms with Gasteiger partial charge in [0.15, 0.2) is 0 Å². The lowest BCUT2D eigenvalue weighted by Crippen LogP contribution is -2.12. The van der Waals surface area contributed by atoms with E-state index in [9.17, 15) is 14.9 Å². The van der Waals surface area contributed by atoms with Crippen LogP contribution in [0, 0.1) is 17.0 Å². The van der Waals surface area contributed by atoms with Crippen LogP contribution in [0.1, 0.15) is 16.1 Å². The van der Waals surface area contributed by atoms with Crippen molar-refractivity contribution in [2.45, 2.75) is 6.92 Å². The van der Waals surface area contributed by atoms with Crippen molar-refractivity contribution in [2.24, 2.45) is 0 Å². The molecule has 0 spiro atoms. The van der Waals surface area contributed by atoms with Crippen molar-refractivity contribution in [3.05, 3.63) is 75.3 Å². The molecule has 1 aromatic heterocycles. The smallest absolute Gasteiger partial charge is 0.275 e. The van der Waals surface area contributed by atoms with Crippen molar-refractivity contribution in [3.8, 4) is 10.6 Å². The van der Waals surface area contributed by atoms with Crippen LogP contribution in [0.2, 0.25) is 0 Å². The van der Waals surface area contributed by atoms with Gasteiger partial charge in [-0.3, -0.25) is 14.9 Å². The second kappa shape index (κ2) is 6.59. The van der Waals surface area contributed by atoms with Gasteiger partial charge in [-0.05, 0) is 13.0 Å². The van der Waals surface area contributed by atoms with Crippen LogP contribution in [-0.2, 0) is 0 Å². The minimum absolute atomic E-state index is 0.0314. The van der Waals surface area contributed by atoms with E-state index in [1.165, 1.54) is 17.4 Å². The third-order valence-corrected chi connectivity index (χ3v) is 4.31.